The zero-order valence-corrected chi connectivity index (χ0v) is 15.8. The number of pyridine rings is 1. The molecule has 0 atom stereocenters. The number of benzene rings is 1. The molecular formula is C20H22F2N2O4. The molecule has 1 aliphatic rings. The Bertz CT molecular complexity index is 899. The monoisotopic (exact) mass is 392 g/mol. The molecule has 8 heteroatoms. The molecule has 1 aromatic heterocycles. The summed E-state index contributed by atoms with van der Waals surface area (Å²) in [7, 11) is 0. The number of hydrogen-bond donors (Lipinski definition) is 0. The fraction of sp³-hybridized carbons (Fsp3) is 0.450. The van der Waals surface area contributed by atoms with Crippen LogP contribution in [0.4, 0.5) is 14.6 Å². The van der Waals surface area contributed by atoms with E-state index in [-0.39, 0.29) is 42.7 Å². The highest BCUT2D eigenvalue weighted by Crippen LogP contribution is 2.34. The van der Waals surface area contributed by atoms with Crippen molar-refractivity contribution in [3.05, 3.63) is 35.4 Å². The number of rotatable bonds is 8. The normalized spacial score (nSPS) is 13.4. The Labute approximate surface area is 161 Å². The molecule has 0 aliphatic heterocycles. The van der Waals surface area contributed by atoms with Crippen molar-refractivity contribution in [2.75, 3.05) is 24.7 Å². The second-order valence-corrected chi connectivity index (χ2v) is 6.52. The van der Waals surface area contributed by atoms with Gasteiger partial charge in [0.1, 0.15) is 11.4 Å². The van der Waals surface area contributed by atoms with E-state index in [2.05, 4.69) is 4.98 Å². The summed E-state index contributed by atoms with van der Waals surface area (Å²) in [5.41, 5.74) is 0.389. The maximum atomic E-state index is 13.7. The van der Waals surface area contributed by atoms with Crippen LogP contribution in [0.5, 0.6) is 0 Å². The maximum Gasteiger partial charge on any atom is 0.341 e. The highest BCUT2D eigenvalue weighted by Gasteiger charge is 2.33. The van der Waals surface area contributed by atoms with Crippen molar-refractivity contribution in [3.63, 3.8) is 0 Å². The van der Waals surface area contributed by atoms with E-state index in [1.54, 1.807) is 13.8 Å². The minimum Gasteiger partial charge on any atom is -0.466 e. The number of anilines is 1. The highest BCUT2D eigenvalue weighted by atomic mass is 19.2. The van der Waals surface area contributed by atoms with Gasteiger partial charge < -0.3 is 14.4 Å². The molecule has 2 aromatic rings. The molecule has 0 unspecified atom stereocenters. The zero-order chi connectivity index (χ0) is 20.3. The van der Waals surface area contributed by atoms with E-state index in [9.17, 15) is 18.4 Å². The van der Waals surface area contributed by atoms with Crippen LogP contribution in [-0.2, 0) is 14.3 Å². The van der Waals surface area contributed by atoms with Crippen LogP contribution in [0, 0.1) is 11.6 Å². The molecule has 1 aliphatic carbocycles. The van der Waals surface area contributed by atoms with Crippen molar-refractivity contribution >= 4 is 28.7 Å². The molecular weight excluding hydrogens is 370 g/mol. The molecule has 6 nitrogen and oxygen atoms in total. The first-order chi connectivity index (χ1) is 13.4. The molecule has 0 radical (unpaired) electrons. The van der Waals surface area contributed by atoms with Gasteiger partial charge in [-0.1, -0.05) is 0 Å². The Kier molecular flexibility index (Phi) is 6.06. The molecule has 150 valence electrons. The molecule has 0 spiro atoms. The van der Waals surface area contributed by atoms with Crippen molar-refractivity contribution in [3.8, 4) is 0 Å². The second-order valence-electron chi connectivity index (χ2n) is 6.52. The summed E-state index contributed by atoms with van der Waals surface area (Å²) in [4.78, 5) is 30.6. The first kappa shape index (κ1) is 20.0. The van der Waals surface area contributed by atoms with Gasteiger partial charge in [0.25, 0.3) is 0 Å². The SMILES string of the molecule is CCOC(=O)CCN(c1nc2cc(F)c(F)cc2cc1C(=O)OCC)C1CC1. The Hall–Kier alpha value is -2.77. The molecule has 0 bridgehead atoms. The van der Waals surface area contributed by atoms with Crippen LogP contribution in [0.3, 0.4) is 0 Å². The van der Waals surface area contributed by atoms with Crippen LogP contribution >= 0.6 is 0 Å². The van der Waals surface area contributed by atoms with Gasteiger partial charge in [0, 0.05) is 24.0 Å². The molecule has 1 saturated carbocycles. The van der Waals surface area contributed by atoms with Gasteiger partial charge in [-0.05, 0) is 38.8 Å². The fourth-order valence-corrected chi connectivity index (χ4v) is 3.03. The lowest BCUT2D eigenvalue weighted by molar-refractivity contribution is -0.142. The number of carbonyl (C=O) groups is 2. The number of ether oxygens (including phenoxy) is 2. The third-order valence-corrected chi connectivity index (χ3v) is 4.45. The molecule has 1 aromatic carbocycles. The summed E-state index contributed by atoms with van der Waals surface area (Å²) < 4.78 is 37.4. The standard InChI is InChI=1S/C20H22F2N2O4/c1-3-27-18(25)7-8-24(13-5-6-13)19-14(20(26)28-4-2)9-12-10-15(21)16(22)11-17(12)23-19/h9-11,13H,3-8H2,1-2H3. The Morgan fingerprint density at radius 3 is 2.43 bits per heavy atom. The van der Waals surface area contributed by atoms with E-state index in [0.717, 1.165) is 25.0 Å². The number of hydrogen-bond acceptors (Lipinski definition) is 6. The largest absolute Gasteiger partial charge is 0.466 e. The summed E-state index contributed by atoms with van der Waals surface area (Å²) in [6.07, 6.45) is 1.91. The van der Waals surface area contributed by atoms with Crippen LogP contribution in [-0.4, -0.2) is 42.7 Å². The first-order valence-electron chi connectivity index (χ1n) is 9.33. The number of halogens is 2. The lowest BCUT2D eigenvalue weighted by atomic mass is 10.1. The predicted octanol–water partition coefficient (Wildman–Crippen LogP) is 3.61. The Morgan fingerprint density at radius 1 is 1.11 bits per heavy atom. The third kappa shape index (κ3) is 4.37. The summed E-state index contributed by atoms with van der Waals surface area (Å²) in [6, 6.07) is 3.58. The van der Waals surface area contributed by atoms with Gasteiger partial charge in [-0.15, -0.1) is 0 Å². The summed E-state index contributed by atoms with van der Waals surface area (Å²) >= 11 is 0. The number of aromatic nitrogens is 1. The van der Waals surface area contributed by atoms with Gasteiger partial charge >= 0.3 is 11.9 Å². The van der Waals surface area contributed by atoms with Crippen molar-refractivity contribution in [2.24, 2.45) is 0 Å². The van der Waals surface area contributed by atoms with E-state index in [1.165, 1.54) is 6.07 Å². The fourth-order valence-electron chi connectivity index (χ4n) is 3.03. The average molecular weight is 392 g/mol. The number of carbonyl (C=O) groups excluding carboxylic acids is 2. The summed E-state index contributed by atoms with van der Waals surface area (Å²) in [5.74, 6) is -2.67. The minimum absolute atomic E-state index is 0.123. The molecule has 0 N–H and O–H groups in total. The van der Waals surface area contributed by atoms with Crippen molar-refractivity contribution in [1.29, 1.82) is 0 Å². The predicted molar refractivity (Wildman–Crippen MR) is 99.2 cm³/mol. The van der Waals surface area contributed by atoms with E-state index >= 15 is 0 Å². The molecule has 3 rings (SSSR count). The van der Waals surface area contributed by atoms with Crippen LogP contribution in [0.15, 0.2) is 18.2 Å². The molecule has 0 amide bonds. The summed E-state index contributed by atoms with van der Waals surface area (Å²) in [6.45, 7) is 4.17. The van der Waals surface area contributed by atoms with E-state index in [1.807, 2.05) is 4.90 Å². The quantitative estimate of drug-likeness (QED) is 0.640. The van der Waals surface area contributed by atoms with Crippen LogP contribution in [0.25, 0.3) is 10.9 Å². The van der Waals surface area contributed by atoms with Crippen LogP contribution in [0.2, 0.25) is 0 Å². The molecule has 28 heavy (non-hydrogen) atoms. The molecule has 1 heterocycles. The average Bonchev–Trinajstić information content (AvgIpc) is 3.48. The maximum absolute atomic E-state index is 13.7. The van der Waals surface area contributed by atoms with E-state index in [4.69, 9.17) is 9.47 Å². The van der Waals surface area contributed by atoms with Gasteiger partial charge in [0.05, 0.1) is 25.2 Å². The van der Waals surface area contributed by atoms with Gasteiger partial charge in [0.15, 0.2) is 11.6 Å². The zero-order valence-electron chi connectivity index (χ0n) is 15.8. The van der Waals surface area contributed by atoms with Gasteiger partial charge in [-0.2, -0.15) is 0 Å². The van der Waals surface area contributed by atoms with Crippen molar-refractivity contribution < 1.29 is 27.8 Å². The Morgan fingerprint density at radius 2 is 1.79 bits per heavy atom. The van der Waals surface area contributed by atoms with E-state index in [0.29, 0.717) is 17.7 Å². The van der Waals surface area contributed by atoms with Gasteiger partial charge in [0.2, 0.25) is 0 Å². The second kappa shape index (κ2) is 8.50. The third-order valence-electron chi connectivity index (χ3n) is 4.45. The lowest BCUT2D eigenvalue weighted by Crippen LogP contribution is -2.31. The van der Waals surface area contributed by atoms with Crippen molar-refractivity contribution in [2.45, 2.75) is 39.2 Å². The number of fused-ring (bicyclic) bond motifs is 1. The van der Waals surface area contributed by atoms with Gasteiger partial charge in [-0.25, -0.2) is 18.6 Å². The smallest absolute Gasteiger partial charge is 0.341 e. The number of esters is 2. The van der Waals surface area contributed by atoms with E-state index < -0.39 is 17.6 Å². The highest BCUT2D eigenvalue weighted by molar-refractivity contribution is 5.99. The lowest BCUT2D eigenvalue weighted by Gasteiger charge is -2.25. The van der Waals surface area contributed by atoms with Crippen LogP contribution < -0.4 is 4.90 Å². The Balaban J connectivity index is 2.04. The first-order valence-corrected chi connectivity index (χ1v) is 9.33. The van der Waals surface area contributed by atoms with Crippen LogP contribution in [0.1, 0.15) is 43.5 Å². The summed E-state index contributed by atoms with van der Waals surface area (Å²) in [5, 5.41) is 0.298. The minimum atomic E-state index is -1.02. The number of nitrogens with zero attached hydrogens (tertiary/aromatic N) is 2. The molecule has 1 fully saturated rings. The van der Waals surface area contributed by atoms with Crippen molar-refractivity contribution in [1.82, 2.24) is 4.98 Å². The molecule has 0 saturated heterocycles. The van der Waals surface area contributed by atoms with Gasteiger partial charge in [-0.3, -0.25) is 4.79 Å². The topological polar surface area (TPSA) is 68.7 Å².